The summed E-state index contributed by atoms with van der Waals surface area (Å²) in [5, 5.41) is 10.7. The highest BCUT2D eigenvalue weighted by atomic mass is 31.2. The van der Waals surface area contributed by atoms with Gasteiger partial charge in [0.2, 0.25) is 0 Å². The highest BCUT2D eigenvalue weighted by molar-refractivity contribution is 7.47. The highest BCUT2D eigenvalue weighted by Crippen LogP contribution is 2.45. The molecule has 17 nitrogen and oxygen atoms in total. The van der Waals surface area contributed by atoms with Crippen molar-refractivity contribution < 1.29 is 80.2 Å². The number of ether oxygens (including phenoxy) is 4. The van der Waals surface area contributed by atoms with Gasteiger partial charge in [0.1, 0.15) is 19.3 Å². The lowest BCUT2D eigenvalue weighted by Gasteiger charge is -2.21. The molecule has 6 atom stereocenters. The molecule has 0 rings (SSSR count). The van der Waals surface area contributed by atoms with E-state index in [9.17, 15) is 43.2 Å². The van der Waals surface area contributed by atoms with E-state index >= 15 is 0 Å². The molecule has 0 aliphatic heterocycles. The van der Waals surface area contributed by atoms with Gasteiger partial charge in [0.05, 0.1) is 26.4 Å². The average Bonchev–Trinajstić information content (AvgIpc) is 0.900. The van der Waals surface area contributed by atoms with Crippen LogP contribution < -0.4 is 0 Å². The maximum absolute atomic E-state index is 13.2. The summed E-state index contributed by atoms with van der Waals surface area (Å²) in [4.78, 5) is 73.3. The van der Waals surface area contributed by atoms with Crippen molar-refractivity contribution >= 4 is 39.5 Å². The highest BCUT2D eigenvalue weighted by Gasteiger charge is 2.31. The molecule has 0 saturated heterocycles. The van der Waals surface area contributed by atoms with E-state index in [1.807, 2.05) is 0 Å². The first kappa shape index (κ1) is 104. The van der Waals surface area contributed by atoms with Crippen molar-refractivity contribution in [1.29, 1.82) is 0 Å². The zero-order valence-corrected chi connectivity index (χ0v) is 71.7. The van der Waals surface area contributed by atoms with E-state index in [4.69, 9.17) is 37.0 Å². The third-order valence-corrected chi connectivity index (χ3v) is 22.6. The van der Waals surface area contributed by atoms with Crippen LogP contribution in [0.25, 0.3) is 0 Å². The quantitative estimate of drug-likeness (QED) is 0.0222. The Morgan fingerprint density at radius 1 is 0.274 bits per heavy atom. The monoisotopic (exact) mass is 1550 g/mol. The van der Waals surface area contributed by atoms with E-state index in [1.54, 1.807) is 0 Å². The number of hydrogen-bond donors (Lipinski definition) is 3. The summed E-state index contributed by atoms with van der Waals surface area (Å²) >= 11 is 0. The van der Waals surface area contributed by atoms with E-state index in [0.29, 0.717) is 25.7 Å². The first-order valence-electron chi connectivity index (χ1n) is 44.9. The Hall–Kier alpha value is -1.94. The van der Waals surface area contributed by atoms with Crippen molar-refractivity contribution in [2.75, 3.05) is 39.6 Å². The standard InChI is InChI=1S/C87H170O17P2/c1-8-10-11-12-13-14-30-40-47-54-61-68-84(89)97-74-82(103-87(92)71-64-57-50-43-36-29-23-22-26-33-39-46-53-60-67-80(7)9-2)76-101-105(93,94)99-72-81(88)73-100-106(95,96)102-77-83(75-98-85(90)69-62-55-48-41-34-27-21-17-19-25-32-38-45-52-59-66-79(5)6)104-86(91)70-63-56-49-42-35-28-20-16-15-18-24-31-37-44-51-58-65-78(3)4/h78-83,88H,8-77H2,1-7H3,(H,93,94)(H,95,96)/t80?,81-,82+,83+/m0/s1. The Balaban J connectivity index is 5.25. The summed E-state index contributed by atoms with van der Waals surface area (Å²) in [6.45, 7) is 12.1. The maximum atomic E-state index is 13.2. The van der Waals surface area contributed by atoms with Crippen LogP contribution in [0.2, 0.25) is 0 Å². The molecule has 0 fully saturated rings. The van der Waals surface area contributed by atoms with Gasteiger partial charge in [-0.05, 0) is 43.4 Å². The Morgan fingerprint density at radius 2 is 0.481 bits per heavy atom. The molecule has 0 aromatic carbocycles. The molecular weight excluding hydrogens is 1380 g/mol. The second kappa shape index (κ2) is 77.0. The van der Waals surface area contributed by atoms with Gasteiger partial charge >= 0.3 is 39.5 Å². The van der Waals surface area contributed by atoms with Gasteiger partial charge in [0.25, 0.3) is 0 Å². The summed E-state index contributed by atoms with van der Waals surface area (Å²) in [6, 6.07) is 0. The molecule has 0 bridgehead atoms. The number of carbonyl (C=O) groups is 4. The number of aliphatic hydroxyl groups is 1. The van der Waals surface area contributed by atoms with Gasteiger partial charge in [-0.25, -0.2) is 9.13 Å². The molecule has 3 unspecified atom stereocenters. The molecule has 19 heteroatoms. The molecule has 630 valence electrons. The fraction of sp³-hybridized carbons (Fsp3) is 0.954. The van der Waals surface area contributed by atoms with Gasteiger partial charge in [-0.15, -0.1) is 0 Å². The summed E-state index contributed by atoms with van der Waals surface area (Å²) in [7, 11) is -9.93. The fourth-order valence-electron chi connectivity index (χ4n) is 13.5. The van der Waals surface area contributed by atoms with Crippen LogP contribution in [-0.2, 0) is 65.4 Å². The molecule has 106 heavy (non-hydrogen) atoms. The Bertz CT molecular complexity index is 2050. The van der Waals surface area contributed by atoms with Crippen molar-refractivity contribution in [3.63, 3.8) is 0 Å². The van der Waals surface area contributed by atoms with Crippen LogP contribution in [0.4, 0.5) is 0 Å². The molecule has 0 aliphatic carbocycles. The van der Waals surface area contributed by atoms with Gasteiger partial charge in [-0.1, -0.05) is 408 Å². The van der Waals surface area contributed by atoms with Crippen LogP contribution in [0, 0.1) is 17.8 Å². The second-order valence-corrected chi connectivity index (χ2v) is 35.4. The van der Waals surface area contributed by atoms with Gasteiger partial charge < -0.3 is 33.8 Å². The normalized spacial score (nSPS) is 14.1. The van der Waals surface area contributed by atoms with E-state index in [2.05, 4.69) is 48.5 Å². The number of carbonyl (C=O) groups excluding carboxylic acids is 4. The predicted molar refractivity (Wildman–Crippen MR) is 437 cm³/mol. The molecule has 0 aliphatic rings. The van der Waals surface area contributed by atoms with Crippen molar-refractivity contribution in [2.24, 2.45) is 17.8 Å². The van der Waals surface area contributed by atoms with Crippen LogP contribution >= 0.6 is 15.6 Å². The summed E-state index contributed by atoms with van der Waals surface area (Å²) in [5.74, 6) is 0.360. The Kier molecular flexibility index (Phi) is 75.6. The Morgan fingerprint density at radius 3 is 0.717 bits per heavy atom. The molecular formula is C87H170O17P2. The van der Waals surface area contributed by atoms with E-state index < -0.39 is 97.5 Å². The second-order valence-electron chi connectivity index (χ2n) is 32.5. The number of aliphatic hydroxyl groups excluding tert-OH is 1. The lowest BCUT2D eigenvalue weighted by atomic mass is 9.99. The van der Waals surface area contributed by atoms with Crippen LogP contribution in [0.5, 0.6) is 0 Å². The molecule has 0 radical (unpaired) electrons. The minimum atomic E-state index is -4.97. The Labute approximate surface area is 651 Å². The first-order chi connectivity index (χ1) is 51.3. The zero-order valence-electron chi connectivity index (χ0n) is 69.9. The van der Waals surface area contributed by atoms with Crippen molar-refractivity contribution in [3.8, 4) is 0 Å². The number of unbranched alkanes of at least 4 members (excludes halogenated alkanes) is 52. The van der Waals surface area contributed by atoms with Crippen molar-refractivity contribution in [2.45, 2.75) is 478 Å². The average molecular weight is 1550 g/mol. The molecule has 0 spiro atoms. The van der Waals surface area contributed by atoms with Crippen molar-refractivity contribution in [3.05, 3.63) is 0 Å². The van der Waals surface area contributed by atoms with E-state index in [1.165, 1.54) is 270 Å². The van der Waals surface area contributed by atoms with Gasteiger partial charge in [0, 0.05) is 25.7 Å². The summed E-state index contributed by atoms with van der Waals surface area (Å²) < 4.78 is 69.0. The third kappa shape index (κ3) is 78.7. The molecule has 0 heterocycles. The van der Waals surface area contributed by atoms with Crippen molar-refractivity contribution in [1.82, 2.24) is 0 Å². The smallest absolute Gasteiger partial charge is 0.462 e. The van der Waals surface area contributed by atoms with Crippen LogP contribution in [0.3, 0.4) is 0 Å². The van der Waals surface area contributed by atoms with Gasteiger partial charge in [0.15, 0.2) is 12.2 Å². The largest absolute Gasteiger partial charge is 0.472 e. The number of rotatable bonds is 85. The maximum Gasteiger partial charge on any atom is 0.472 e. The first-order valence-corrected chi connectivity index (χ1v) is 47.9. The van der Waals surface area contributed by atoms with Gasteiger partial charge in [-0.2, -0.15) is 0 Å². The minimum absolute atomic E-state index is 0.108. The summed E-state index contributed by atoms with van der Waals surface area (Å²) in [6.07, 6.45) is 67.8. The van der Waals surface area contributed by atoms with Gasteiger partial charge in [-0.3, -0.25) is 37.3 Å². The zero-order chi connectivity index (χ0) is 77.9. The number of esters is 4. The minimum Gasteiger partial charge on any atom is -0.462 e. The summed E-state index contributed by atoms with van der Waals surface area (Å²) in [5.41, 5.74) is 0. The lowest BCUT2D eigenvalue weighted by Crippen LogP contribution is -2.30. The SMILES string of the molecule is CCCCCCCCCCCCCC(=O)OC[C@H](COP(=O)(O)OC[C@H](O)COP(=O)(O)OC[C@@H](COC(=O)CCCCCCCCCCCCCCCCCC(C)C)OC(=O)CCCCCCCCCCCCCCCCCCC(C)C)OC(=O)CCCCCCCCCCCCCCCCC(C)CC. The fourth-order valence-corrected chi connectivity index (χ4v) is 15.1. The topological polar surface area (TPSA) is 237 Å². The molecule has 3 N–H and O–H groups in total. The number of phosphoric ester groups is 2. The van der Waals surface area contributed by atoms with E-state index in [-0.39, 0.29) is 25.7 Å². The third-order valence-electron chi connectivity index (χ3n) is 20.7. The molecule has 0 saturated carbocycles. The predicted octanol–water partition coefficient (Wildman–Crippen LogP) is 26.5. The molecule has 0 aromatic heterocycles. The van der Waals surface area contributed by atoms with Crippen LogP contribution in [-0.4, -0.2) is 96.7 Å². The number of phosphoric acid groups is 2. The molecule has 0 aromatic rings. The number of hydrogen-bond acceptors (Lipinski definition) is 15. The van der Waals surface area contributed by atoms with E-state index in [0.717, 1.165) is 108 Å². The molecule has 0 amide bonds. The lowest BCUT2D eigenvalue weighted by molar-refractivity contribution is -0.161. The van der Waals surface area contributed by atoms with Crippen LogP contribution in [0.15, 0.2) is 0 Å². The van der Waals surface area contributed by atoms with Crippen LogP contribution in [0.1, 0.15) is 459 Å².